The van der Waals surface area contributed by atoms with E-state index in [0.29, 0.717) is 5.92 Å². The summed E-state index contributed by atoms with van der Waals surface area (Å²) in [6.45, 7) is 8.85. The number of aliphatic hydroxyl groups is 1. The molecule has 88 valence electrons. The highest BCUT2D eigenvalue weighted by Crippen LogP contribution is 2.29. The Morgan fingerprint density at radius 2 is 2.06 bits per heavy atom. The summed E-state index contributed by atoms with van der Waals surface area (Å²) < 4.78 is 0. The molecule has 1 aromatic carbocycles. The van der Waals surface area contributed by atoms with Crippen molar-refractivity contribution in [1.29, 1.82) is 0 Å². The van der Waals surface area contributed by atoms with E-state index in [4.69, 9.17) is 0 Å². The standard InChI is InChI=1S/C14H21NO/c1-11(2)14(16)9-15(10-14)8-13-6-4-5-12(3)7-13/h4-7,11,16H,8-10H2,1-3H3. The van der Waals surface area contributed by atoms with Gasteiger partial charge in [-0.2, -0.15) is 0 Å². The lowest BCUT2D eigenvalue weighted by molar-refractivity contribution is -0.130. The minimum atomic E-state index is -0.455. The molecular formula is C14H21NO. The third-order valence-electron chi connectivity index (χ3n) is 3.56. The molecule has 1 aliphatic heterocycles. The Morgan fingerprint density at radius 3 is 2.62 bits per heavy atom. The van der Waals surface area contributed by atoms with Crippen molar-refractivity contribution >= 4 is 0 Å². The highest BCUT2D eigenvalue weighted by molar-refractivity contribution is 5.22. The highest BCUT2D eigenvalue weighted by Gasteiger charge is 2.43. The molecule has 1 fully saturated rings. The Labute approximate surface area is 97.9 Å². The summed E-state index contributed by atoms with van der Waals surface area (Å²) in [6.07, 6.45) is 0. The summed E-state index contributed by atoms with van der Waals surface area (Å²) in [5, 5.41) is 10.1. The van der Waals surface area contributed by atoms with E-state index >= 15 is 0 Å². The molecule has 0 atom stereocenters. The molecular weight excluding hydrogens is 198 g/mol. The van der Waals surface area contributed by atoms with E-state index in [2.05, 4.69) is 49.9 Å². The summed E-state index contributed by atoms with van der Waals surface area (Å²) in [6, 6.07) is 8.58. The van der Waals surface area contributed by atoms with Gasteiger partial charge < -0.3 is 5.11 Å². The zero-order chi connectivity index (χ0) is 11.8. The smallest absolute Gasteiger partial charge is 0.0923 e. The molecule has 1 aliphatic rings. The minimum absolute atomic E-state index is 0.348. The second-order valence-electron chi connectivity index (χ2n) is 5.39. The van der Waals surface area contributed by atoms with Gasteiger partial charge in [0.1, 0.15) is 0 Å². The summed E-state index contributed by atoms with van der Waals surface area (Å²) in [7, 11) is 0. The van der Waals surface area contributed by atoms with Gasteiger partial charge in [0.05, 0.1) is 5.60 Å². The molecule has 0 radical (unpaired) electrons. The van der Waals surface area contributed by atoms with E-state index in [1.807, 2.05) is 0 Å². The SMILES string of the molecule is Cc1cccc(CN2CC(O)(C(C)C)C2)c1. The number of rotatable bonds is 3. The van der Waals surface area contributed by atoms with E-state index in [1.54, 1.807) is 0 Å². The van der Waals surface area contributed by atoms with Gasteiger partial charge in [0, 0.05) is 19.6 Å². The Morgan fingerprint density at radius 1 is 1.38 bits per heavy atom. The quantitative estimate of drug-likeness (QED) is 0.842. The van der Waals surface area contributed by atoms with Gasteiger partial charge in [-0.3, -0.25) is 4.90 Å². The third-order valence-corrected chi connectivity index (χ3v) is 3.56. The molecule has 0 unspecified atom stereocenters. The third kappa shape index (κ3) is 2.28. The fraction of sp³-hybridized carbons (Fsp3) is 0.571. The highest BCUT2D eigenvalue weighted by atomic mass is 16.3. The van der Waals surface area contributed by atoms with E-state index in [9.17, 15) is 5.11 Å². The van der Waals surface area contributed by atoms with Crippen molar-refractivity contribution in [2.24, 2.45) is 5.92 Å². The largest absolute Gasteiger partial charge is 0.387 e. The molecule has 1 N–H and O–H groups in total. The van der Waals surface area contributed by atoms with Crippen LogP contribution in [0.15, 0.2) is 24.3 Å². The van der Waals surface area contributed by atoms with Gasteiger partial charge in [-0.15, -0.1) is 0 Å². The average molecular weight is 219 g/mol. The van der Waals surface area contributed by atoms with Crippen LogP contribution in [0.5, 0.6) is 0 Å². The number of aryl methyl sites for hydroxylation is 1. The van der Waals surface area contributed by atoms with E-state index in [0.717, 1.165) is 19.6 Å². The number of β-amino-alcohol motifs (C(OH)–C–C–N with tert-alkyl or cyclic N) is 1. The van der Waals surface area contributed by atoms with Crippen LogP contribution in [0, 0.1) is 12.8 Å². The second-order valence-corrected chi connectivity index (χ2v) is 5.39. The number of likely N-dealkylation sites (tertiary alicyclic amines) is 1. The van der Waals surface area contributed by atoms with Gasteiger partial charge in [0.15, 0.2) is 0 Å². The van der Waals surface area contributed by atoms with Crippen LogP contribution in [0.2, 0.25) is 0 Å². The van der Waals surface area contributed by atoms with Crippen LogP contribution >= 0.6 is 0 Å². The lowest BCUT2D eigenvalue weighted by atomic mass is 9.83. The first kappa shape index (κ1) is 11.6. The van der Waals surface area contributed by atoms with Gasteiger partial charge in [-0.25, -0.2) is 0 Å². The molecule has 2 nitrogen and oxygen atoms in total. The first-order valence-corrected chi connectivity index (χ1v) is 6.00. The number of benzene rings is 1. The van der Waals surface area contributed by atoms with Crippen molar-refractivity contribution < 1.29 is 5.11 Å². The molecule has 2 rings (SSSR count). The second kappa shape index (κ2) is 4.19. The first-order chi connectivity index (χ1) is 7.49. The molecule has 0 aliphatic carbocycles. The van der Waals surface area contributed by atoms with Crippen molar-refractivity contribution in [2.45, 2.75) is 32.9 Å². The molecule has 1 heterocycles. The summed E-state index contributed by atoms with van der Waals surface area (Å²) >= 11 is 0. The van der Waals surface area contributed by atoms with Gasteiger partial charge in [0.25, 0.3) is 0 Å². The maximum absolute atomic E-state index is 10.1. The van der Waals surface area contributed by atoms with E-state index in [1.165, 1.54) is 11.1 Å². The zero-order valence-electron chi connectivity index (χ0n) is 10.4. The van der Waals surface area contributed by atoms with Crippen LogP contribution in [0.4, 0.5) is 0 Å². The molecule has 0 bridgehead atoms. The molecule has 1 aromatic rings. The molecule has 0 amide bonds. The predicted molar refractivity (Wildman–Crippen MR) is 66.2 cm³/mol. The normalized spacial score (nSPS) is 19.8. The van der Waals surface area contributed by atoms with E-state index in [-0.39, 0.29) is 0 Å². The van der Waals surface area contributed by atoms with Gasteiger partial charge in [-0.1, -0.05) is 43.7 Å². The lowest BCUT2D eigenvalue weighted by Crippen LogP contribution is -2.63. The Bertz CT molecular complexity index is 367. The molecule has 0 saturated carbocycles. The van der Waals surface area contributed by atoms with Gasteiger partial charge in [-0.05, 0) is 18.4 Å². The summed E-state index contributed by atoms with van der Waals surface area (Å²) in [5.41, 5.74) is 2.19. The van der Waals surface area contributed by atoms with E-state index < -0.39 is 5.60 Å². The first-order valence-electron chi connectivity index (χ1n) is 6.00. The van der Waals surface area contributed by atoms with Crippen LogP contribution in [0.25, 0.3) is 0 Å². The predicted octanol–water partition coefficient (Wildman–Crippen LogP) is 2.20. The molecule has 0 aromatic heterocycles. The van der Waals surface area contributed by atoms with Gasteiger partial charge >= 0.3 is 0 Å². The average Bonchev–Trinajstić information content (AvgIpc) is 2.14. The van der Waals surface area contributed by atoms with Crippen molar-refractivity contribution in [1.82, 2.24) is 4.90 Å². The van der Waals surface area contributed by atoms with Crippen molar-refractivity contribution in [3.05, 3.63) is 35.4 Å². The molecule has 16 heavy (non-hydrogen) atoms. The summed E-state index contributed by atoms with van der Waals surface area (Å²) in [4.78, 5) is 2.30. The fourth-order valence-electron chi connectivity index (χ4n) is 2.27. The van der Waals surface area contributed by atoms with Crippen molar-refractivity contribution in [3.8, 4) is 0 Å². The fourth-order valence-corrected chi connectivity index (χ4v) is 2.27. The number of nitrogens with zero attached hydrogens (tertiary/aromatic N) is 1. The van der Waals surface area contributed by atoms with Crippen LogP contribution in [-0.2, 0) is 6.54 Å². The molecule has 2 heteroatoms. The summed E-state index contributed by atoms with van der Waals surface area (Å²) in [5.74, 6) is 0.348. The Kier molecular flexibility index (Phi) is 3.04. The topological polar surface area (TPSA) is 23.5 Å². The van der Waals surface area contributed by atoms with Crippen LogP contribution in [0.3, 0.4) is 0 Å². The van der Waals surface area contributed by atoms with Crippen LogP contribution in [-0.4, -0.2) is 28.7 Å². The molecule has 1 saturated heterocycles. The monoisotopic (exact) mass is 219 g/mol. The van der Waals surface area contributed by atoms with Crippen molar-refractivity contribution in [3.63, 3.8) is 0 Å². The van der Waals surface area contributed by atoms with Crippen LogP contribution < -0.4 is 0 Å². The molecule has 0 spiro atoms. The van der Waals surface area contributed by atoms with Crippen LogP contribution in [0.1, 0.15) is 25.0 Å². The maximum atomic E-state index is 10.1. The number of hydrogen-bond donors (Lipinski definition) is 1. The Balaban J connectivity index is 1.90. The van der Waals surface area contributed by atoms with Gasteiger partial charge in [0.2, 0.25) is 0 Å². The maximum Gasteiger partial charge on any atom is 0.0923 e. The zero-order valence-corrected chi connectivity index (χ0v) is 10.4. The minimum Gasteiger partial charge on any atom is -0.387 e. The Hall–Kier alpha value is -0.860. The van der Waals surface area contributed by atoms with Crippen molar-refractivity contribution in [2.75, 3.05) is 13.1 Å². The lowest BCUT2D eigenvalue weighted by Gasteiger charge is -2.49. The number of hydrogen-bond acceptors (Lipinski definition) is 2.